The number of rotatable bonds is 5. The fourth-order valence-corrected chi connectivity index (χ4v) is 3.70. The van der Waals surface area contributed by atoms with E-state index in [4.69, 9.17) is 4.74 Å². The molecule has 0 saturated heterocycles. The molecule has 0 aromatic heterocycles. The number of alkyl halides is 6. The summed E-state index contributed by atoms with van der Waals surface area (Å²) >= 11 is 0. The maximum Gasteiger partial charge on any atom is 0.534 e. The summed E-state index contributed by atoms with van der Waals surface area (Å²) in [5, 5.41) is 0. The Balaban J connectivity index is 2.08. The van der Waals surface area contributed by atoms with Crippen molar-refractivity contribution in [1.82, 2.24) is 0 Å². The summed E-state index contributed by atoms with van der Waals surface area (Å²) in [4.78, 5) is 0. The molecule has 31 heavy (non-hydrogen) atoms. The maximum absolute atomic E-state index is 12.7. The van der Waals surface area contributed by atoms with Gasteiger partial charge in [0.1, 0.15) is 11.5 Å². The highest BCUT2D eigenvalue weighted by Gasteiger charge is 2.50. The van der Waals surface area contributed by atoms with E-state index in [-0.39, 0.29) is 23.5 Å². The number of hydrogen-bond donors (Lipinski definition) is 0. The number of benzene rings is 2. The van der Waals surface area contributed by atoms with E-state index in [0.29, 0.717) is 0 Å². The van der Waals surface area contributed by atoms with Gasteiger partial charge in [-0.1, -0.05) is 24.3 Å². The van der Waals surface area contributed by atoms with Crippen LogP contribution in [-0.4, -0.2) is 34.5 Å². The fraction of sp³-hybridized carbons (Fsp3) is 0.250. The lowest BCUT2D eigenvalue weighted by molar-refractivity contribution is -0.0504. The van der Waals surface area contributed by atoms with Crippen molar-refractivity contribution in [3.8, 4) is 17.2 Å². The van der Waals surface area contributed by atoms with Crippen molar-refractivity contribution in [3.05, 3.63) is 53.6 Å². The molecule has 1 aliphatic heterocycles. The van der Waals surface area contributed by atoms with Gasteiger partial charge in [-0.05, 0) is 18.2 Å². The monoisotopic (exact) mass is 492 g/mol. The van der Waals surface area contributed by atoms with E-state index >= 15 is 0 Å². The molecule has 170 valence electrons. The third kappa shape index (κ3) is 4.37. The lowest BCUT2D eigenvalue weighted by Crippen LogP contribution is -2.29. The highest BCUT2D eigenvalue weighted by Crippen LogP contribution is 2.47. The Morgan fingerprint density at radius 2 is 1.29 bits per heavy atom. The minimum Gasteiger partial charge on any atom is -0.492 e. The van der Waals surface area contributed by atoms with Gasteiger partial charge in [-0.25, -0.2) is 0 Å². The molecular weight excluding hydrogens is 482 g/mol. The van der Waals surface area contributed by atoms with Crippen molar-refractivity contribution in [2.24, 2.45) is 0 Å². The smallest absolute Gasteiger partial charge is 0.492 e. The van der Waals surface area contributed by atoms with Crippen molar-refractivity contribution >= 4 is 20.2 Å². The first-order valence-corrected chi connectivity index (χ1v) is 10.8. The zero-order valence-corrected chi connectivity index (χ0v) is 16.4. The third-order valence-corrected chi connectivity index (χ3v) is 5.97. The largest absolute Gasteiger partial charge is 0.534 e. The molecule has 0 unspecified atom stereocenters. The Bertz CT molecular complexity index is 1200. The summed E-state index contributed by atoms with van der Waals surface area (Å²) in [5.41, 5.74) is -11.9. The second kappa shape index (κ2) is 7.47. The Morgan fingerprint density at radius 1 is 0.774 bits per heavy atom. The van der Waals surface area contributed by atoms with Crippen LogP contribution in [0.25, 0.3) is 0 Å². The minimum absolute atomic E-state index is 0.103. The molecule has 0 N–H and O–H groups in total. The molecule has 7 nitrogen and oxygen atoms in total. The summed E-state index contributed by atoms with van der Waals surface area (Å²) in [6.07, 6.45) is 0. The molecule has 0 amide bonds. The van der Waals surface area contributed by atoms with Crippen molar-refractivity contribution in [2.75, 3.05) is 6.61 Å². The van der Waals surface area contributed by atoms with Crippen LogP contribution in [0.3, 0.4) is 0 Å². The molecule has 0 bridgehead atoms. The van der Waals surface area contributed by atoms with E-state index < -0.39 is 48.7 Å². The SMILES string of the molecule is O=S(=O)(Oc1ccccc1[C@H]1COc2cccc(OS(=O)(=O)C(F)(F)F)c21)C(F)(F)F. The zero-order chi connectivity index (χ0) is 23.2. The Kier molecular flexibility index (Phi) is 5.54. The molecule has 0 spiro atoms. The van der Waals surface area contributed by atoms with Crippen LogP contribution in [-0.2, 0) is 20.2 Å². The predicted octanol–water partition coefficient (Wildman–Crippen LogP) is 3.67. The molecule has 0 aliphatic carbocycles. The van der Waals surface area contributed by atoms with E-state index in [0.717, 1.165) is 30.3 Å². The summed E-state index contributed by atoms with van der Waals surface area (Å²) in [5.74, 6) is -2.86. The van der Waals surface area contributed by atoms with E-state index in [1.54, 1.807) is 0 Å². The third-order valence-electron chi connectivity index (χ3n) is 4.04. The van der Waals surface area contributed by atoms with Crippen LogP contribution < -0.4 is 13.1 Å². The van der Waals surface area contributed by atoms with E-state index in [1.165, 1.54) is 12.1 Å². The Hall–Kier alpha value is -2.68. The Morgan fingerprint density at radius 3 is 1.87 bits per heavy atom. The van der Waals surface area contributed by atoms with Crippen LogP contribution in [0.4, 0.5) is 26.3 Å². The summed E-state index contributed by atoms with van der Waals surface area (Å²) in [6, 6.07) is 7.80. The lowest BCUT2D eigenvalue weighted by Gasteiger charge is -2.18. The summed E-state index contributed by atoms with van der Waals surface area (Å²) in [7, 11) is -12.1. The molecule has 2 aromatic carbocycles. The van der Waals surface area contributed by atoms with E-state index in [1.807, 2.05) is 0 Å². The number of fused-ring (bicyclic) bond motifs is 1. The average molecular weight is 492 g/mol. The molecule has 15 heteroatoms. The van der Waals surface area contributed by atoms with Crippen LogP contribution in [0.5, 0.6) is 17.2 Å². The second-order valence-corrected chi connectivity index (χ2v) is 9.11. The van der Waals surface area contributed by atoms with E-state index in [2.05, 4.69) is 8.37 Å². The van der Waals surface area contributed by atoms with Gasteiger partial charge in [0.15, 0.2) is 5.75 Å². The Labute approximate surface area is 171 Å². The van der Waals surface area contributed by atoms with Crippen LogP contribution in [0, 0.1) is 0 Å². The van der Waals surface area contributed by atoms with Gasteiger partial charge in [0.05, 0.1) is 12.5 Å². The fourth-order valence-electron chi connectivity index (χ4n) is 2.74. The van der Waals surface area contributed by atoms with Crippen molar-refractivity contribution < 1.29 is 56.3 Å². The van der Waals surface area contributed by atoms with Gasteiger partial charge >= 0.3 is 31.3 Å². The molecule has 3 rings (SSSR count). The van der Waals surface area contributed by atoms with Gasteiger partial charge in [0, 0.05) is 11.1 Å². The highest BCUT2D eigenvalue weighted by molar-refractivity contribution is 7.88. The van der Waals surface area contributed by atoms with Crippen LogP contribution in [0.15, 0.2) is 42.5 Å². The zero-order valence-electron chi connectivity index (χ0n) is 14.8. The number of ether oxygens (including phenoxy) is 1. The molecule has 2 aromatic rings. The average Bonchev–Trinajstić information content (AvgIpc) is 3.05. The van der Waals surface area contributed by atoms with Gasteiger partial charge < -0.3 is 13.1 Å². The molecule has 0 saturated carbocycles. The quantitative estimate of drug-likeness (QED) is 0.357. The molecule has 1 aliphatic rings. The standard InChI is InChI=1S/C16H10F6O7S2/c17-15(18,19)30(23,24)28-11-5-2-1-4-9(11)10-8-27-12-6-3-7-13(14(10)12)29-31(25,26)16(20,21)22/h1-7,10H,8H2/t10-/m1/s1. The lowest BCUT2D eigenvalue weighted by atomic mass is 9.92. The predicted molar refractivity (Wildman–Crippen MR) is 91.4 cm³/mol. The summed E-state index contributed by atoms with van der Waals surface area (Å²) < 4.78 is 135. The van der Waals surface area contributed by atoms with Crippen molar-refractivity contribution in [1.29, 1.82) is 0 Å². The van der Waals surface area contributed by atoms with Gasteiger partial charge in [-0.3, -0.25) is 0 Å². The maximum atomic E-state index is 12.7. The molecule has 1 heterocycles. The summed E-state index contributed by atoms with van der Waals surface area (Å²) in [6.45, 7) is -0.367. The topological polar surface area (TPSA) is 96.0 Å². The number of halogens is 6. The van der Waals surface area contributed by atoms with Crippen LogP contribution in [0.2, 0.25) is 0 Å². The van der Waals surface area contributed by atoms with Gasteiger partial charge in [0.2, 0.25) is 0 Å². The molecular formula is C16H10F6O7S2. The first-order valence-electron chi connectivity index (χ1n) is 8.00. The minimum atomic E-state index is -6.07. The molecule has 0 radical (unpaired) electrons. The van der Waals surface area contributed by atoms with Gasteiger partial charge in [-0.2, -0.15) is 43.2 Å². The molecule has 0 fully saturated rings. The molecule has 1 atom stereocenters. The van der Waals surface area contributed by atoms with Gasteiger partial charge in [-0.15, -0.1) is 0 Å². The van der Waals surface area contributed by atoms with Gasteiger partial charge in [0.25, 0.3) is 0 Å². The van der Waals surface area contributed by atoms with E-state index in [9.17, 15) is 43.2 Å². The second-order valence-electron chi connectivity index (χ2n) is 6.04. The normalized spacial score (nSPS) is 17.0. The van der Waals surface area contributed by atoms with Crippen LogP contribution in [0.1, 0.15) is 17.0 Å². The highest BCUT2D eigenvalue weighted by atomic mass is 32.2. The first-order chi connectivity index (χ1) is 14.1. The van der Waals surface area contributed by atoms with Crippen molar-refractivity contribution in [3.63, 3.8) is 0 Å². The number of hydrogen-bond acceptors (Lipinski definition) is 7. The first kappa shape index (κ1) is 23.0. The van der Waals surface area contributed by atoms with Crippen molar-refractivity contribution in [2.45, 2.75) is 16.9 Å². The number of para-hydroxylation sites is 1. The van der Waals surface area contributed by atoms with Crippen LogP contribution >= 0.6 is 0 Å².